The maximum atomic E-state index is 3.41. The summed E-state index contributed by atoms with van der Waals surface area (Å²) in [7, 11) is 2.04. The van der Waals surface area contributed by atoms with Gasteiger partial charge in [0.25, 0.3) is 0 Å². The molecule has 0 fully saturated rings. The molecule has 0 aliphatic carbocycles. The number of rotatable bonds is 10. The summed E-state index contributed by atoms with van der Waals surface area (Å²) in [6.45, 7) is 2.28. The van der Waals surface area contributed by atoms with E-state index in [1.807, 2.05) is 7.05 Å². The van der Waals surface area contributed by atoms with Crippen molar-refractivity contribution in [2.75, 3.05) is 12.4 Å². The summed E-state index contributed by atoms with van der Waals surface area (Å²) in [4.78, 5) is 0. The summed E-state index contributed by atoms with van der Waals surface area (Å²) in [6.07, 6.45) is 12.3. The van der Waals surface area contributed by atoms with Gasteiger partial charge in [0.05, 0.1) is 0 Å². The third-order valence-electron chi connectivity index (χ3n) is 4.56. The van der Waals surface area contributed by atoms with Gasteiger partial charge in [0, 0.05) is 18.1 Å². The van der Waals surface area contributed by atoms with Crippen molar-refractivity contribution < 1.29 is 0 Å². The smallest absolute Gasteiger partial charge is 0.0449 e. The zero-order chi connectivity index (χ0) is 15.6. The van der Waals surface area contributed by atoms with Crippen molar-refractivity contribution in [1.29, 1.82) is 0 Å². The number of fused-ring (bicyclic) bond motifs is 1. The summed E-state index contributed by atoms with van der Waals surface area (Å²) in [6, 6.07) is 13.2. The molecular weight excluding hydrogens is 266 g/mol. The summed E-state index contributed by atoms with van der Waals surface area (Å²) >= 11 is 0. The molecule has 0 bridgehead atoms. The maximum absolute atomic E-state index is 3.41. The zero-order valence-electron chi connectivity index (χ0n) is 14.3. The number of aryl methyl sites for hydroxylation is 1. The molecule has 0 heterocycles. The van der Waals surface area contributed by atoms with E-state index in [1.54, 1.807) is 0 Å². The fourth-order valence-corrected chi connectivity index (χ4v) is 3.27. The molecule has 0 saturated heterocycles. The zero-order valence-corrected chi connectivity index (χ0v) is 14.3. The molecule has 2 rings (SSSR count). The van der Waals surface area contributed by atoms with Crippen molar-refractivity contribution in [3.63, 3.8) is 0 Å². The fourth-order valence-electron chi connectivity index (χ4n) is 3.27. The van der Waals surface area contributed by atoms with Crippen LogP contribution in [-0.2, 0) is 6.42 Å². The molecule has 0 unspecified atom stereocenters. The van der Waals surface area contributed by atoms with Crippen LogP contribution >= 0.6 is 0 Å². The van der Waals surface area contributed by atoms with Crippen molar-refractivity contribution in [2.24, 2.45) is 0 Å². The van der Waals surface area contributed by atoms with Gasteiger partial charge in [-0.15, -0.1) is 0 Å². The second kappa shape index (κ2) is 9.50. The standard InChI is InChI=1S/C21H31N/c1-3-4-5-6-7-8-9-10-14-19-17-16-18-13-11-12-15-20(18)21(19)22-2/h11-13,15-17,22H,3-10,14H2,1-2H3. The Kier molecular flexibility index (Phi) is 7.28. The topological polar surface area (TPSA) is 12.0 Å². The molecule has 2 aromatic carbocycles. The number of anilines is 1. The van der Waals surface area contributed by atoms with E-state index in [0.717, 1.165) is 0 Å². The van der Waals surface area contributed by atoms with Crippen LogP contribution in [0.15, 0.2) is 36.4 Å². The lowest BCUT2D eigenvalue weighted by atomic mass is 9.99. The maximum Gasteiger partial charge on any atom is 0.0449 e. The largest absolute Gasteiger partial charge is 0.387 e. The van der Waals surface area contributed by atoms with Gasteiger partial charge in [0.2, 0.25) is 0 Å². The van der Waals surface area contributed by atoms with E-state index >= 15 is 0 Å². The van der Waals surface area contributed by atoms with Crippen LogP contribution in [0.4, 0.5) is 5.69 Å². The first-order valence-corrected chi connectivity index (χ1v) is 9.05. The molecule has 0 aromatic heterocycles. The Morgan fingerprint density at radius 2 is 1.45 bits per heavy atom. The second-order valence-corrected chi connectivity index (χ2v) is 6.30. The monoisotopic (exact) mass is 297 g/mol. The highest BCUT2D eigenvalue weighted by molar-refractivity contribution is 5.95. The Morgan fingerprint density at radius 3 is 2.18 bits per heavy atom. The van der Waals surface area contributed by atoms with Crippen LogP contribution in [-0.4, -0.2) is 7.05 Å². The molecular formula is C21H31N. The van der Waals surface area contributed by atoms with E-state index in [0.29, 0.717) is 0 Å². The number of hydrogen-bond donors (Lipinski definition) is 1. The Hall–Kier alpha value is -1.50. The third kappa shape index (κ3) is 4.76. The van der Waals surface area contributed by atoms with Crippen molar-refractivity contribution >= 4 is 16.5 Å². The lowest BCUT2D eigenvalue weighted by Gasteiger charge is -2.12. The summed E-state index contributed by atoms with van der Waals surface area (Å²) in [5, 5.41) is 6.09. The molecule has 0 amide bonds. The number of unbranched alkanes of at least 4 members (excludes halogenated alkanes) is 7. The normalized spacial score (nSPS) is 11.0. The molecule has 0 spiro atoms. The molecule has 1 heteroatoms. The van der Waals surface area contributed by atoms with Crippen molar-refractivity contribution in [1.82, 2.24) is 0 Å². The highest BCUT2D eigenvalue weighted by Gasteiger charge is 2.05. The summed E-state index contributed by atoms with van der Waals surface area (Å²) < 4.78 is 0. The van der Waals surface area contributed by atoms with E-state index in [-0.39, 0.29) is 0 Å². The highest BCUT2D eigenvalue weighted by atomic mass is 14.8. The molecule has 22 heavy (non-hydrogen) atoms. The first-order valence-electron chi connectivity index (χ1n) is 9.05. The minimum atomic E-state index is 1.19. The number of benzene rings is 2. The van der Waals surface area contributed by atoms with Gasteiger partial charge in [-0.25, -0.2) is 0 Å². The Bertz CT molecular complexity index is 559. The molecule has 0 atom stereocenters. The Balaban J connectivity index is 1.82. The van der Waals surface area contributed by atoms with Gasteiger partial charge in [-0.3, -0.25) is 0 Å². The van der Waals surface area contributed by atoms with Gasteiger partial charge in [-0.1, -0.05) is 88.3 Å². The summed E-state index contributed by atoms with van der Waals surface area (Å²) in [5.74, 6) is 0. The molecule has 0 radical (unpaired) electrons. The molecule has 120 valence electrons. The minimum Gasteiger partial charge on any atom is -0.387 e. The van der Waals surface area contributed by atoms with Crippen LogP contribution in [0.5, 0.6) is 0 Å². The average Bonchev–Trinajstić information content (AvgIpc) is 2.56. The lowest BCUT2D eigenvalue weighted by molar-refractivity contribution is 0.575. The van der Waals surface area contributed by atoms with E-state index in [1.165, 1.54) is 79.8 Å². The molecule has 0 aliphatic heterocycles. The van der Waals surface area contributed by atoms with Gasteiger partial charge in [0.1, 0.15) is 0 Å². The third-order valence-corrected chi connectivity index (χ3v) is 4.56. The first kappa shape index (κ1) is 16.9. The van der Waals surface area contributed by atoms with Crippen LogP contribution < -0.4 is 5.32 Å². The van der Waals surface area contributed by atoms with Crippen LogP contribution in [0, 0.1) is 0 Å². The number of hydrogen-bond acceptors (Lipinski definition) is 1. The van der Waals surface area contributed by atoms with Crippen molar-refractivity contribution in [2.45, 2.75) is 64.7 Å². The average molecular weight is 297 g/mol. The second-order valence-electron chi connectivity index (χ2n) is 6.30. The highest BCUT2D eigenvalue weighted by Crippen LogP contribution is 2.28. The van der Waals surface area contributed by atoms with Crippen molar-refractivity contribution in [3.8, 4) is 0 Å². The Morgan fingerprint density at radius 1 is 0.773 bits per heavy atom. The van der Waals surface area contributed by atoms with E-state index in [2.05, 4.69) is 48.6 Å². The van der Waals surface area contributed by atoms with Gasteiger partial charge >= 0.3 is 0 Å². The molecule has 1 N–H and O–H groups in total. The predicted octanol–water partition coefficient (Wildman–Crippen LogP) is 6.56. The first-order chi connectivity index (χ1) is 10.9. The van der Waals surface area contributed by atoms with E-state index in [9.17, 15) is 0 Å². The lowest BCUT2D eigenvalue weighted by Crippen LogP contribution is -1.97. The Labute approximate surface area is 136 Å². The van der Waals surface area contributed by atoms with E-state index < -0.39 is 0 Å². The molecule has 2 aromatic rings. The number of nitrogens with one attached hydrogen (secondary N) is 1. The van der Waals surface area contributed by atoms with Crippen LogP contribution in [0.1, 0.15) is 63.9 Å². The van der Waals surface area contributed by atoms with Gasteiger partial charge in [-0.05, 0) is 23.8 Å². The quantitative estimate of drug-likeness (QED) is 0.489. The van der Waals surface area contributed by atoms with Gasteiger partial charge in [-0.2, -0.15) is 0 Å². The van der Waals surface area contributed by atoms with Crippen LogP contribution in [0.2, 0.25) is 0 Å². The van der Waals surface area contributed by atoms with Gasteiger partial charge < -0.3 is 5.32 Å². The predicted molar refractivity (Wildman–Crippen MR) is 99.8 cm³/mol. The van der Waals surface area contributed by atoms with Crippen molar-refractivity contribution in [3.05, 3.63) is 42.0 Å². The summed E-state index contributed by atoms with van der Waals surface area (Å²) in [5.41, 5.74) is 2.79. The fraction of sp³-hybridized carbons (Fsp3) is 0.524. The molecule has 0 saturated carbocycles. The molecule has 0 aliphatic rings. The molecule has 1 nitrogen and oxygen atoms in total. The van der Waals surface area contributed by atoms with Gasteiger partial charge in [0.15, 0.2) is 0 Å². The minimum absolute atomic E-state index is 1.19. The van der Waals surface area contributed by atoms with Crippen LogP contribution in [0.3, 0.4) is 0 Å². The van der Waals surface area contributed by atoms with E-state index in [4.69, 9.17) is 0 Å². The SMILES string of the molecule is CCCCCCCCCCc1ccc2ccccc2c1NC. The van der Waals surface area contributed by atoms with Crippen LogP contribution in [0.25, 0.3) is 10.8 Å².